The van der Waals surface area contributed by atoms with Crippen LogP contribution in [0.1, 0.15) is 48.0 Å². The van der Waals surface area contributed by atoms with Crippen molar-refractivity contribution >= 4 is 17.8 Å². The van der Waals surface area contributed by atoms with Gasteiger partial charge in [-0.15, -0.1) is 0 Å². The zero-order chi connectivity index (χ0) is 20.0. The largest absolute Gasteiger partial charge is 0.444 e. The summed E-state index contributed by atoms with van der Waals surface area (Å²) >= 11 is 0. The summed E-state index contributed by atoms with van der Waals surface area (Å²) in [4.78, 5) is 24.4. The van der Waals surface area contributed by atoms with E-state index in [-0.39, 0.29) is 30.3 Å². The molecule has 2 bridgehead atoms. The summed E-state index contributed by atoms with van der Waals surface area (Å²) in [7, 11) is 1.70. The third kappa shape index (κ3) is 3.59. The molecule has 154 valence electrons. The monoisotopic (exact) mass is 400 g/mol. The van der Waals surface area contributed by atoms with E-state index >= 15 is 0 Å². The van der Waals surface area contributed by atoms with Crippen LogP contribution in [0.5, 0.6) is 0 Å². The van der Waals surface area contributed by atoms with Crippen LogP contribution in [-0.2, 0) is 16.5 Å². The van der Waals surface area contributed by atoms with E-state index < -0.39 is 0 Å². The molecular weight excluding hydrogens is 376 g/mol. The number of aryl methyl sites for hydroxylation is 1. The van der Waals surface area contributed by atoms with Crippen LogP contribution in [0.25, 0.3) is 0 Å². The molecule has 3 aliphatic carbocycles. The smallest absolute Gasteiger partial charge is 0.407 e. The van der Waals surface area contributed by atoms with Gasteiger partial charge in [0.2, 0.25) is 0 Å². The number of aromatic nitrogens is 4. The molecule has 1 saturated heterocycles. The molecule has 0 spiro atoms. The quantitative estimate of drug-likeness (QED) is 0.703. The summed E-state index contributed by atoms with van der Waals surface area (Å²) in [6.45, 7) is 0.338. The Kier molecular flexibility index (Phi) is 4.50. The summed E-state index contributed by atoms with van der Waals surface area (Å²) in [5.41, 5.74) is 1.17. The van der Waals surface area contributed by atoms with Gasteiger partial charge in [-0.2, -0.15) is 10.2 Å². The highest BCUT2D eigenvalue weighted by atomic mass is 16.6. The highest BCUT2D eigenvalue weighted by molar-refractivity contribution is 6.02. The zero-order valence-corrected chi connectivity index (χ0v) is 16.1. The average molecular weight is 400 g/mol. The predicted octanol–water partition coefficient (Wildman–Crippen LogP) is 1.75. The number of hydrogen-bond acceptors (Lipinski definition) is 6. The Morgan fingerprint density at radius 1 is 1.31 bits per heavy atom. The van der Waals surface area contributed by atoms with E-state index in [0.29, 0.717) is 30.5 Å². The summed E-state index contributed by atoms with van der Waals surface area (Å²) in [6.07, 6.45) is 4.73. The highest BCUT2D eigenvalue weighted by Gasteiger charge is 2.45. The van der Waals surface area contributed by atoms with Crippen LogP contribution in [0, 0.1) is 11.8 Å². The second-order valence-corrected chi connectivity index (χ2v) is 8.17. The van der Waals surface area contributed by atoms with Crippen LogP contribution in [0.3, 0.4) is 0 Å². The molecule has 0 radical (unpaired) electrons. The van der Waals surface area contributed by atoms with Gasteiger partial charge >= 0.3 is 6.09 Å². The number of hydrogen-bond donors (Lipinski definition) is 3. The van der Waals surface area contributed by atoms with Gasteiger partial charge in [0, 0.05) is 31.8 Å². The lowest BCUT2D eigenvalue weighted by molar-refractivity contribution is 0.0670. The van der Waals surface area contributed by atoms with E-state index in [9.17, 15) is 9.59 Å². The highest BCUT2D eigenvalue weighted by Crippen LogP contribution is 2.48. The predicted molar refractivity (Wildman–Crippen MR) is 101 cm³/mol. The van der Waals surface area contributed by atoms with E-state index in [2.05, 4.69) is 25.9 Å². The topological polar surface area (TPSA) is 123 Å². The Hall–Kier alpha value is -2.88. The number of aromatic amines is 1. The average Bonchev–Trinajstić information content (AvgIpc) is 3.41. The van der Waals surface area contributed by atoms with Crippen molar-refractivity contribution < 1.29 is 19.1 Å². The third-order valence-corrected chi connectivity index (χ3v) is 6.21. The zero-order valence-electron chi connectivity index (χ0n) is 16.1. The summed E-state index contributed by atoms with van der Waals surface area (Å²) in [5, 5.41) is 16.7. The van der Waals surface area contributed by atoms with Gasteiger partial charge in [-0.05, 0) is 37.2 Å². The number of fused-ring (bicyclic) bond motifs is 1. The minimum absolute atomic E-state index is 0.262. The minimum Gasteiger partial charge on any atom is -0.444 e. The van der Waals surface area contributed by atoms with E-state index in [1.165, 1.54) is 17.5 Å². The van der Waals surface area contributed by atoms with Gasteiger partial charge in [-0.3, -0.25) is 14.6 Å². The van der Waals surface area contributed by atoms with Gasteiger partial charge in [0.15, 0.2) is 5.82 Å². The normalized spacial score (nSPS) is 30.0. The molecule has 2 aromatic heterocycles. The maximum atomic E-state index is 12.2. The molecule has 1 unspecified atom stereocenters. The molecule has 3 heterocycles. The first-order valence-electron chi connectivity index (χ1n) is 9.98. The Morgan fingerprint density at radius 2 is 2.17 bits per heavy atom. The van der Waals surface area contributed by atoms with E-state index in [1.807, 2.05) is 0 Å². The van der Waals surface area contributed by atoms with Crippen molar-refractivity contribution in [3.05, 3.63) is 29.7 Å². The molecule has 2 amide bonds. The van der Waals surface area contributed by atoms with Crippen LogP contribution in [-0.4, -0.2) is 50.7 Å². The lowest BCUT2D eigenvalue weighted by Gasteiger charge is -2.24. The molecule has 1 aliphatic heterocycles. The number of alkyl carbamates (subject to hydrolysis) is 1. The number of nitrogens with one attached hydrogen (secondary N) is 3. The number of ether oxygens (including phenoxy) is 2. The molecule has 10 heteroatoms. The standard InChI is InChI=1S/C19H24N6O4/c1-25-15(2-3-20-25)18(26)22-17-8-14(23-24-17)16-7-12(9-28-16)29-19(27)21-13-6-10-4-11(13)5-10/h2-3,8,10-13,16H,4-7,9H2,1H3,(H,21,27)(H2,22,23,24,26)/t10?,11?,12-,13?,16-/m0/s1. The fourth-order valence-corrected chi connectivity index (χ4v) is 4.61. The van der Waals surface area contributed by atoms with E-state index in [4.69, 9.17) is 9.47 Å². The fourth-order valence-electron chi connectivity index (χ4n) is 4.61. The summed E-state index contributed by atoms with van der Waals surface area (Å²) in [5.74, 6) is 1.53. The molecule has 3 N–H and O–H groups in total. The molecule has 4 fully saturated rings. The van der Waals surface area contributed by atoms with Crippen LogP contribution in [0.2, 0.25) is 0 Å². The van der Waals surface area contributed by atoms with Crippen molar-refractivity contribution in [2.24, 2.45) is 18.9 Å². The van der Waals surface area contributed by atoms with Crippen molar-refractivity contribution in [1.29, 1.82) is 0 Å². The van der Waals surface area contributed by atoms with Crippen LogP contribution in [0.4, 0.5) is 10.6 Å². The van der Waals surface area contributed by atoms with Gasteiger partial charge in [-0.1, -0.05) is 0 Å². The summed E-state index contributed by atoms with van der Waals surface area (Å²) in [6, 6.07) is 3.63. The molecule has 2 aromatic rings. The molecule has 6 rings (SSSR count). The Morgan fingerprint density at radius 3 is 2.90 bits per heavy atom. The number of carbonyl (C=O) groups excluding carboxylic acids is 2. The maximum absolute atomic E-state index is 12.2. The third-order valence-electron chi connectivity index (χ3n) is 6.21. The van der Waals surface area contributed by atoms with Crippen LogP contribution < -0.4 is 10.6 Å². The van der Waals surface area contributed by atoms with E-state index in [1.54, 1.807) is 25.4 Å². The number of nitrogens with zero attached hydrogens (tertiary/aromatic N) is 3. The van der Waals surface area contributed by atoms with Crippen molar-refractivity contribution in [2.75, 3.05) is 11.9 Å². The molecule has 3 saturated carbocycles. The molecule has 10 nitrogen and oxygen atoms in total. The number of anilines is 1. The second-order valence-electron chi connectivity index (χ2n) is 8.17. The number of carbonyl (C=O) groups is 2. The Balaban J connectivity index is 1.12. The van der Waals surface area contributed by atoms with Crippen molar-refractivity contribution in [3.63, 3.8) is 0 Å². The Labute approximate surface area is 167 Å². The first-order chi connectivity index (χ1) is 14.0. The van der Waals surface area contributed by atoms with Gasteiger partial charge < -0.3 is 20.1 Å². The van der Waals surface area contributed by atoms with Gasteiger partial charge in [0.05, 0.1) is 12.3 Å². The van der Waals surface area contributed by atoms with Gasteiger partial charge in [-0.25, -0.2) is 4.79 Å². The fraction of sp³-hybridized carbons (Fsp3) is 0.579. The van der Waals surface area contributed by atoms with Crippen LogP contribution in [0.15, 0.2) is 18.3 Å². The molecule has 4 aliphatic rings. The molecule has 0 aromatic carbocycles. The number of H-pyrrole nitrogens is 1. The Bertz CT molecular complexity index is 917. The summed E-state index contributed by atoms with van der Waals surface area (Å²) < 4.78 is 12.8. The van der Waals surface area contributed by atoms with Gasteiger partial charge in [0.25, 0.3) is 5.91 Å². The molecule has 3 atom stereocenters. The first kappa shape index (κ1) is 18.2. The minimum atomic E-state index is -0.356. The van der Waals surface area contributed by atoms with E-state index in [0.717, 1.165) is 18.0 Å². The van der Waals surface area contributed by atoms with Crippen molar-refractivity contribution in [2.45, 2.75) is 43.9 Å². The second kappa shape index (κ2) is 7.18. The number of rotatable bonds is 5. The molecular formula is C19H24N6O4. The van der Waals surface area contributed by atoms with Crippen LogP contribution >= 0.6 is 0 Å². The number of amides is 2. The molecule has 29 heavy (non-hydrogen) atoms. The van der Waals surface area contributed by atoms with Crippen molar-refractivity contribution in [3.8, 4) is 0 Å². The lowest BCUT2D eigenvalue weighted by Crippen LogP contribution is -2.38. The maximum Gasteiger partial charge on any atom is 0.407 e. The lowest BCUT2D eigenvalue weighted by atomic mass is 9.84. The van der Waals surface area contributed by atoms with Crippen molar-refractivity contribution in [1.82, 2.24) is 25.3 Å². The SMILES string of the molecule is Cn1nccc1C(=O)Nc1cc([C@@H]2C[C@H](OC(=O)NC3CC4CC3C4)CO2)[nH]n1. The first-order valence-corrected chi connectivity index (χ1v) is 9.98. The van der Waals surface area contributed by atoms with Gasteiger partial charge in [0.1, 0.15) is 17.9 Å².